The van der Waals surface area contributed by atoms with E-state index in [4.69, 9.17) is 5.73 Å². The predicted molar refractivity (Wildman–Crippen MR) is 73.0 cm³/mol. The number of fused-ring (bicyclic) bond motifs is 1. The minimum atomic E-state index is -0.0231. The van der Waals surface area contributed by atoms with Gasteiger partial charge in [-0.1, -0.05) is 19.9 Å². The number of aliphatic hydroxyl groups is 1. The Bertz CT molecular complexity index is 531. The molecular weight excluding hydrogens is 226 g/mol. The second-order valence-corrected chi connectivity index (χ2v) is 5.05. The van der Waals surface area contributed by atoms with Crippen molar-refractivity contribution in [1.29, 1.82) is 0 Å². The first-order valence-corrected chi connectivity index (χ1v) is 6.44. The first-order chi connectivity index (χ1) is 8.65. The van der Waals surface area contributed by atoms with Crippen molar-refractivity contribution in [3.63, 3.8) is 0 Å². The molecule has 0 unspecified atom stereocenters. The maximum absolute atomic E-state index is 9.40. The zero-order valence-electron chi connectivity index (χ0n) is 11.1. The van der Waals surface area contributed by atoms with Crippen molar-refractivity contribution in [3.05, 3.63) is 29.6 Å². The summed E-state index contributed by atoms with van der Waals surface area (Å²) in [6, 6.07) is 6.07. The van der Waals surface area contributed by atoms with Crippen molar-refractivity contribution < 1.29 is 5.11 Å². The van der Waals surface area contributed by atoms with Crippen LogP contribution in [0.3, 0.4) is 0 Å². The highest BCUT2D eigenvalue weighted by atomic mass is 16.3. The zero-order chi connectivity index (χ0) is 13.1. The summed E-state index contributed by atoms with van der Waals surface area (Å²) in [5.74, 6) is 1.37. The molecule has 0 radical (unpaired) electrons. The number of nitrogens with zero attached hydrogens (tertiary/aromatic N) is 2. The number of benzene rings is 1. The Morgan fingerprint density at radius 3 is 2.78 bits per heavy atom. The lowest BCUT2D eigenvalue weighted by atomic mass is 10.1. The lowest BCUT2D eigenvalue weighted by molar-refractivity contribution is 0.264. The molecule has 0 amide bonds. The largest absolute Gasteiger partial charge is 0.388 e. The Balaban J connectivity index is 2.42. The average Bonchev–Trinajstić information content (AvgIpc) is 2.72. The molecule has 18 heavy (non-hydrogen) atoms. The van der Waals surface area contributed by atoms with Crippen LogP contribution < -0.4 is 5.73 Å². The molecule has 0 saturated heterocycles. The Labute approximate surface area is 107 Å². The molecule has 0 spiro atoms. The Hall–Kier alpha value is -1.39. The van der Waals surface area contributed by atoms with Gasteiger partial charge in [0.25, 0.3) is 0 Å². The molecule has 0 aliphatic carbocycles. The van der Waals surface area contributed by atoms with E-state index in [-0.39, 0.29) is 6.61 Å². The summed E-state index contributed by atoms with van der Waals surface area (Å²) in [4.78, 5) is 4.48. The standard InChI is InChI=1S/C14H21N3O/c1-10(2)5-6-17-13-4-3-11(8-15)7-12(13)16-14(17)9-18/h3-4,7,10,18H,5-6,8-9,15H2,1-2H3. The summed E-state index contributed by atoms with van der Waals surface area (Å²) >= 11 is 0. The molecule has 4 heteroatoms. The Morgan fingerprint density at radius 1 is 1.39 bits per heavy atom. The summed E-state index contributed by atoms with van der Waals surface area (Å²) in [5, 5.41) is 9.40. The summed E-state index contributed by atoms with van der Waals surface area (Å²) in [5.41, 5.74) is 8.71. The fourth-order valence-electron chi connectivity index (χ4n) is 2.11. The second kappa shape index (κ2) is 5.50. The van der Waals surface area contributed by atoms with Gasteiger partial charge in [-0.3, -0.25) is 0 Å². The lowest BCUT2D eigenvalue weighted by Crippen LogP contribution is -2.06. The summed E-state index contributed by atoms with van der Waals surface area (Å²) < 4.78 is 2.11. The van der Waals surface area contributed by atoms with E-state index in [1.807, 2.05) is 18.2 Å². The predicted octanol–water partition coefficient (Wildman–Crippen LogP) is 2.03. The van der Waals surface area contributed by atoms with Crippen LogP contribution in [0.15, 0.2) is 18.2 Å². The summed E-state index contributed by atoms with van der Waals surface area (Å²) in [6.45, 7) is 5.79. The molecule has 0 saturated carbocycles. The number of aryl methyl sites for hydroxylation is 1. The number of aromatic nitrogens is 2. The van der Waals surface area contributed by atoms with E-state index in [1.165, 1.54) is 0 Å². The monoisotopic (exact) mass is 247 g/mol. The van der Waals surface area contributed by atoms with Crippen LogP contribution in [0.2, 0.25) is 0 Å². The number of imidazole rings is 1. The third-order valence-corrected chi connectivity index (χ3v) is 3.20. The number of hydrogen-bond acceptors (Lipinski definition) is 3. The molecule has 0 aliphatic heterocycles. The van der Waals surface area contributed by atoms with Gasteiger partial charge in [-0.05, 0) is 30.0 Å². The van der Waals surface area contributed by atoms with E-state index >= 15 is 0 Å². The van der Waals surface area contributed by atoms with Crippen LogP contribution in [-0.4, -0.2) is 14.7 Å². The van der Waals surface area contributed by atoms with Gasteiger partial charge in [-0.25, -0.2) is 4.98 Å². The molecule has 0 fully saturated rings. The number of rotatable bonds is 5. The first kappa shape index (κ1) is 13.1. The molecule has 0 atom stereocenters. The summed E-state index contributed by atoms with van der Waals surface area (Å²) in [6.07, 6.45) is 1.08. The van der Waals surface area contributed by atoms with Gasteiger partial charge >= 0.3 is 0 Å². The van der Waals surface area contributed by atoms with E-state index < -0.39 is 0 Å². The maximum Gasteiger partial charge on any atom is 0.135 e. The van der Waals surface area contributed by atoms with Crippen LogP contribution in [0.1, 0.15) is 31.7 Å². The van der Waals surface area contributed by atoms with Gasteiger partial charge in [-0.2, -0.15) is 0 Å². The molecular formula is C14H21N3O. The van der Waals surface area contributed by atoms with Gasteiger partial charge < -0.3 is 15.4 Å². The van der Waals surface area contributed by atoms with E-state index in [9.17, 15) is 5.11 Å². The molecule has 0 bridgehead atoms. The van der Waals surface area contributed by atoms with Crippen molar-refractivity contribution in [2.24, 2.45) is 11.7 Å². The van der Waals surface area contributed by atoms with Crippen LogP contribution in [-0.2, 0) is 19.7 Å². The highest BCUT2D eigenvalue weighted by Crippen LogP contribution is 2.19. The van der Waals surface area contributed by atoms with Gasteiger partial charge in [0.1, 0.15) is 12.4 Å². The molecule has 1 aromatic heterocycles. The normalized spacial score (nSPS) is 11.6. The second-order valence-electron chi connectivity index (χ2n) is 5.05. The zero-order valence-corrected chi connectivity index (χ0v) is 11.1. The SMILES string of the molecule is CC(C)CCn1c(CO)nc2cc(CN)ccc21. The molecule has 98 valence electrons. The van der Waals surface area contributed by atoms with Crippen LogP contribution in [0.4, 0.5) is 0 Å². The molecule has 3 N–H and O–H groups in total. The summed E-state index contributed by atoms with van der Waals surface area (Å²) in [7, 11) is 0. The minimum absolute atomic E-state index is 0.0231. The molecule has 2 rings (SSSR count). The van der Waals surface area contributed by atoms with Crippen molar-refractivity contribution in [3.8, 4) is 0 Å². The molecule has 0 aliphatic rings. The van der Waals surface area contributed by atoms with E-state index in [0.717, 1.165) is 35.4 Å². The van der Waals surface area contributed by atoms with E-state index in [2.05, 4.69) is 23.4 Å². The highest BCUT2D eigenvalue weighted by molar-refractivity contribution is 5.76. The topological polar surface area (TPSA) is 64.1 Å². The molecule has 1 aromatic carbocycles. The third-order valence-electron chi connectivity index (χ3n) is 3.20. The number of hydrogen-bond donors (Lipinski definition) is 2. The van der Waals surface area contributed by atoms with Crippen molar-refractivity contribution in [1.82, 2.24) is 9.55 Å². The van der Waals surface area contributed by atoms with Crippen molar-refractivity contribution in [2.75, 3.05) is 0 Å². The highest BCUT2D eigenvalue weighted by Gasteiger charge is 2.10. The van der Waals surface area contributed by atoms with Gasteiger partial charge in [0.15, 0.2) is 0 Å². The number of aliphatic hydroxyl groups excluding tert-OH is 1. The average molecular weight is 247 g/mol. The fraction of sp³-hybridized carbons (Fsp3) is 0.500. The molecule has 1 heterocycles. The van der Waals surface area contributed by atoms with Crippen molar-refractivity contribution in [2.45, 2.75) is 40.0 Å². The van der Waals surface area contributed by atoms with Crippen molar-refractivity contribution >= 4 is 11.0 Å². The quantitative estimate of drug-likeness (QED) is 0.849. The van der Waals surface area contributed by atoms with Crippen LogP contribution >= 0.6 is 0 Å². The van der Waals surface area contributed by atoms with Gasteiger partial charge in [0, 0.05) is 13.1 Å². The van der Waals surface area contributed by atoms with Gasteiger partial charge in [-0.15, -0.1) is 0 Å². The maximum atomic E-state index is 9.40. The van der Waals surface area contributed by atoms with Crippen LogP contribution in [0.25, 0.3) is 11.0 Å². The van der Waals surface area contributed by atoms with E-state index in [1.54, 1.807) is 0 Å². The van der Waals surface area contributed by atoms with Crippen LogP contribution in [0, 0.1) is 5.92 Å². The molecule has 4 nitrogen and oxygen atoms in total. The first-order valence-electron chi connectivity index (χ1n) is 6.44. The van der Waals surface area contributed by atoms with E-state index in [0.29, 0.717) is 12.5 Å². The smallest absolute Gasteiger partial charge is 0.135 e. The number of nitrogens with two attached hydrogens (primary N) is 1. The molecule has 2 aromatic rings. The Morgan fingerprint density at radius 2 is 2.17 bits per heavy atom. The van der Waals surface area contributed by atoms with Gasteiger partial charge in [0.2, 0.25) is 0 Å². The Kier molecular flexibility index (Phi) is 3.99. The van der Waals surface area contributed by atoms with Gasteiger partial charge in [0.05, 0.1) is 11.0 Å². The van der Waals surface area contributed by atoms with Crippen LogP contribution in [0.5, 0.6) is 0 Å². The fourth-order valence-corrected chi connectivity index (χ4v) is 2.11. The minimum Gasteiger partial charge on any atom is -0.388 e. The third kappa shape index (κ3) is 2.54. The lowest BCUT2D eigenvalue weighted by Gasteiger charge is -2.09.